The summed E-state index contributed by atoms with van der Waals surface area (Å²) < 4.78 is 0.934. The number of carbonyl (C=O) groups is 2. The van der Waals surface area contributed by atoms with Gasteiger partial charge in [0.05, 0.1) is 15.2 Å². The van der Waals surface area contributed by atoms with Gasteiger partial charge >= 0.3 is 0 Å². The van der Waals surface area contributed by atoms with Gasteiger partial charge in [0.15, 0.2) is 0 Å². The number of halogens is 1. The standard InChI is InChI=1S/C17H21BrN2O2S/c1-19(16(22)12-5-6-13(18)23-12)9-14(21)20-10-17(7-2-8-17)15(20)11-3-4-11/h5-6,11,15H,2-4,7-10H2,1H3. The van der Waals surface area contributed by atoms with Crippen molar-refractivity contribution in [3.05, 3.63) is 20.8 Å². The fourth-order valence-electron chi connectivity index (χ4n) is 4.23. The summed E-state index contributed by atoms with van der Waals surface area (Å²) in [5.74, 6) is 0.768. The maximum atomic E-state index is 12.7. The fraction of sp³-hybridized carbons (Fsp3) is 0.647. The third-order valence-corrected chi connectivity index (χ3v) is 7.30. The Morgan fingerprint density at radius 2 is 2.13 bits per heavy atom. The van der Waals surface area contributed by atoms with E-state index in [1.54, 1.807) is 18.0 Å². The Kier molecular flexibility index (Phi) is 3.80. The van der Waals surface area contributed by atoms with Crippen molar-refractivity contribution < 1.29 is 9.59 Å². The van der Waals surface area contributed by atoms with Crippen molar-refractivity contribution in [1.82, 2.24) is 9.80 Å². The molecular formula is C17H21BrN2O2S. The van der Waals surface area contributed by atoms with Gasteiger partial charge in [0.25, 0.3) is 5.91 Å². The first-order chi connectivity index (χ1) is 11.0. The number of rotatable bonds is 4. The number of hydrogen-bond donors (Lipinski definition) is 0. The first-order valence-electron chi connectivity index (χ1n) is 8.30. The molecule has 124 valence electrons. The Morgan fingerprint density at radius 3 is 2.65 bits per heavy atom. The summed E-state index contributed by atoms with van der Waals surface area (Å²) >= 11 is 4.78. The monoisotopic (exact) mass is 396 g/mol. The molecule has 1 aliphatic heterocycles. The molecule has 0 bridgehead atoms. The second-order valence-electron chi connectivity index (χ2n) is 7.28. The van der Waals surface area contributed by atoms with E-state index in [0.29, 0.717) is 16.3 Å². The van der Waals surface area contributed by atoms with Gasteiger partial charge in [0, 0.05) is 25.0 Å². The molecule has 1 aromatic heterocycles. The SMILES string of the molecule is CN(CC(=O)N1CC2(CCC2)C1C1CC1)C(=O)c1ccc(Br)s1. The van der Waals surface area contributed by atoms with Crippen LogP contribution >= 0.6 is 27.3 Å². The van der Waals surface area contributed by atoms with Crippen molar-refractivity contribution in [3.8, 4) is 0 Å². The Morgan fingerprint density at radius 1 is 1.39 bits per heavy atom. The molecule has 1 aromatic rings. The molecule has 0 aromatic carbocycles. The Bertz CT molecular complexity index is 651. The minimum Gasteiger partial charge on any atom is -0.337 e. The highest BCUT2D eigenvalue weighted by Gasteiger charge is 2.61. The van der Waals surface area contributed by atoms with Crippen LogP contribution in [0, 0.1) is 11.3 Å². The van der Waals surface area contributed by atoms with E-state index in [1.807, 2.05) is 6.07 Å². The molecule has 1 saturated heterocycles. The van der Waals surface area contributed by atoms with Crippen LogP contribution in [-0.4, -0.2) is 47.8 Å². The fourth-order valence-corrected chi connectivity index (χ4v) is 5.61. The highest BCUT2D eigenvalue weighted by Crippen LogP contribution is 2.59. The number of likely N-dealkylation sites (N-methyl/N-ethyl adjacent to an activating group) is 1. The molecule has 1 spiro atoms. The lowest BCUT2D eigenvalue weighted by Gasteiger charge is -2.63. The van der Waals surface area contributed by atoms with E-state index in [2.05, 4.69) is 20.8 Å². The number of likely N-dealkylation sites (tertiary alicyclic amines) is 1. The van der Waals surface area contributed by atoms with Crippen LogP contribution in [0.3, 0.4) is 0 Å². The van der Waals surface area contributed by atoms with Gasteiger partial charge < -0.3 is 9.80 Å². The summed E-state index contributed by atoms with van der Waals surface area (Å²) in [7, 11) is 1.72. The zero-order chi connectivity index (χ0) is 16.2. The smallest absolute Gasteiger partial charge is 0.264 e. The van der Waals surface area contributed by atoms with Gasteiger partial charge in [-0.25, -0.2) is 0 Å². The Hall–Kier alpha value is -0.880. The van der Waals surface area contributed by atoms with Gasteiger partial charge in [-0.2, -0.15) is 0 Å². The van der Waals surface area contributed by atoms with Crippen LogP contribution in [0.1, 0.15) is 41.8 Å². The lowest BCUT2D eigenvalue weighted by Crippen LogP contribution is -2.70. The molecule has 3 aliphatic rings. The maximum Gasteiger partial charge on any atom is 0.264 e. The van der Waals surface area contributed by atoms with Gasteiger partial charge in [0.1, 0.15) is 0 Å². The first kappa shape index (κ1) is 15.6. The van der Waals surface area contributed by atoms with Crippen molar-refractivity contribution >= 4 is 39.1 Å². The molecule has 1 atom stereocenters. The van der Waals surface area contributed by atoms with Crippen LogP contribution in [0.2, 0.25) is 0 Å². The van der Waals surface area contributed by atoms with E-state index in [9.17, 15) is 9.59 Å². The molecule has 1 unspecified atom stereocenters. The molecule has 3 fully saturated rings. The van der Waals surface area contributed by atoms with E-state index < -0.39 is 0 Å². The normalized spacial score (nSPS) is 25.0. The number of amides is 2. The largest absolute Gasteiger partial charge is 0.337 e. The molecule has 2 saturated carbocycles. The molecule has 23 heavy (non-hydrogen) atoms. The van der Waals surface area contributed by atoms with Crippen molar-refractivity contribution in [2.24, 2.45) is 11.3 Å². The molecule has 6 heteroatoms. The highest BCUT2D eigenvalue weighted by molar-refractivity contribution is 9.11. The number of carbonyl (C=O) groups excluding carboxylic acids is 2. The van der Waals surface area contributed by atoms with Crippen molar-refractivity contribution in [2.45, 2.75) is 38.1 Å². The second kappa shape index (κ2) is 5.59. The van der Waals surface area contributed by atoms with Crippen LogP contribution in [0.4, 0.5) is 0 Å². The third kappa shape index (κ3) is 2.64. The number of hydrogen-bond acceptors (Lipinski definition) is 3. The van der Waals surface area contributed by atoms with E-state index in [4.69, 9.17) is 0 Å². The average Bonchev–Trinajstić information content (AvgIpc) is 3.15. The van der Waals surface area contributed by atoms with E-state index in [-0.39, 0.29) is 18.4 Å². The van der Waals surface area contributed by atoms with Crippen LogP contribution < -0.4 is 0 Å². The minimum absolute atomic E-state index is 0.0732. The summed E-state index contributed by atoms with van der Waals surface area (Å²) in [4.78, 5) is 29.3. The zero-order valence-electron chi connectivity index (χ0n) is 13.3. The van der Waals surface area contributed by atoms with Crippen molar-refractivity contribution in [3.63, 3.8) is 0 Å². The summed E-state index contributed by atoms with van der Waals surface area (Å²) in [5, 5.41) is 0. The maximum absolute atomic E-state index is 12.7. The molecule has 2 aliphatic carbocycles. The van der Waals surface area contributed by atoms with Crippen molar-refractivity contribution in [2.75, 3.05) is 20.1 Å². The van der Waals surface area contributed by atoms with Gasteiger partial charge in [-0.15, -0.1) is 11.3 Å². The van der Waals surface area contributed by atoms with Crippen LogP contribution in [-0.2, 0) is 4.79 Å². The predicted octanol–water partition coefficient (Wildman–Crippen LogP) is 3.37. The average molecular weight is 397 g/mol. The molecule has 4 nitrogen and oxygen atoms in total. The molecule has 2 heterocycles. The van der Waals surface area contributed by atoms with E-state index in [1.165, 1.54) is 43.4 Å². The van der Waals surface area contributed by atoms with Crippen LogP contribution in [0.5, 0.6) is 0 Å². The molecule has 0 N–H and O–H groups in total. The van der Waals surface area contributed by atoms with Crippen LogP contribution in [0.15, 0.2) is 15.9 Å². The van der Waals surface area contributed by atoms with Crippen LogP contribution in [0.25, 0.3) is 0 Å². The molecule has 4 rings (SSSR count). The second-order valence-corrected chi connectivity index (χ2v) is 9.75. The highest BCUT2D eigenvalue weighted by atomic mass is 79.9. The Labute approximate surface area is 149 Å². The van der Waals surface area contributed by atoms with Crippen molar-refractivity contribution in [1.29, 1.82) is 0 Å². The summed E-state index contributed by atoms with van der Waals surface area (Å²) in [6, 6.07) is 4.13. The Balaban J connectivity index is 1.39. The number of nitrogens with zero attached hydrogens (tertiary/aromatic N) is 2. The zero-order valence-corrected chi connectivity index (χ0v) is 15.7. The summed E-state index contributed by atoms with van der Waals surface area (Å²) in [6.07, 6.45) is 6.44. The van der Waals surface area contributed by atoms with Gasteiger partial charge in [-0.05, 0) is 59.7 Å². The third-order valence-electron chi connectivity index (χ3n) is 5.69. The first-order valence-corrected chi connectivity index (χ1v) is 9.91. The molecular weight excluding hydrogens is 376 g/mol. The van der Waals surface area contributed by atoms with Gasteiger partial charge in [0.2, 0.25) is 5.91 Å². The number of thiophene rings is 1. The van der Waals surface area contributed by atoms with Gasteiger partial charge in [-0.3, -0.25) is 9.59 Å². The van der Waals surface area contributed by atoms with Gasteiger partial charge in [-0.1, -0.05) is 6.42 Å². The lowest BCUT2D eigenvalue weighted by atomic mass is 9.56. The topological polar surface area (TPSA) is 40.6 Å². The quantitative estimate of drug-likeness (QED) is 0.782. The van der Waals surface area contributed by atoms with E-state index in [0.717, 1.165) is 16.2 Å². The minimum atomic E-state index is -0.0732. The summed E-state index contributed by atoms with van der Waals surface area (Å²) in [5.41, 5.74) is 0.442. The molecule has 2 amide bonds. The predicted molar refractivity (Wildman–Crippen MR) is 93.5 cm³/mol. The van der Waals surface area contributed by atoms with E-state index >= 15 is 0 Å². The summed E-state index contributed by atoms with van der Waals surface area (Å²) in [6.45, 7) is 1.10. The molecule has 0 radical (unpaired) electrons. The lowest BCUT2D eigenvalue weighted by molar-refractivity contribution is -0.171.